The summed E-state index contributed by atoms with van der Waals surface area (Å²) in [7, 11) is 1.66. The zero-order valence-electron chi connectivity index (χ0n) is 7.29. The summed E-state index contributed by atoms with van der Waals surface area (Å²) in [5.74, 6) is 0. The number of ether oxygens (including phenoxy) is 1. The van der Waals surface area contributed by atoms with E-state index in [4.69, 9.17) is 9.94 Å². The van der Waals surface area contributed by atoms with E-state index in [-0.39, 0.29) is 0 Å². The van der Waals surface area contributed by atoms with Crippen LogP contribution in [0, 0.1) is 6.92 Å². The number of methoxy groups -OCH3 is 1. The summed E-state index contributed by atoms with van der Waals surface area (Å²) in [6.07, 6.45) is 0. The van der Waals surface area contributed by atoms with Crippen LogP contribution in [-0.4, -0.2) is 12.3 Å². The van der Waals surface area contributed by atoms with Gasteiger partial charge in [0.25, 0.3) is 0 Å². The highest BCUT2D eigenvalue weighted by Gasteiger charge is 1.98. The van der Waals surface area contributed by atoms with E-state index in [0.29, 0.717) is 12.3 Å². The molecule has 0 aliphatic rings. The molecule has 0 radical (unpaired) electrons. The lowest BCUT2D eigenvalue weighted by Crippen LogP contribution is -1.94. The number of benzene rings is 1. The molecule has 0 saturated heterocycles. The van der Waals surface area contributed by atoms with Crippen LogP contribution in [0.4, 0.5) is 5.69 Å². The van der Waals surface area contributed by atoms with Gasteiger partial charge in [0.1, 0.15) is 0 Å². The molecule has 0 amide bonds. The molecule has 1 aromatic carbocycles. The second kappa shape index (κ2) is 4.09. The van der Waals surface area contributed by atoms with E-state index in [0.717, 1.165) is 11.1 Å². The third-order valence-electron chi connectivity index (χ3n) is 1.77. The number of rotatable bonds is 3. The molecule has 66 valence electrons. The van der Waals surface area contributed by atoms with Crippen LogP contribution >= 0.6 is 0 Å². The molecule has 3 heteroatoms. The molecule has 0 aliphatic heterocycles. The summed E-state index contributed by atoms with van der Waals surface area (Å²) in [4.78, 5) is 0. The second-order valence-corrected chi connectivity index (χ2v) is 2.69. The average Bonchev–Trinajstić information content (AvgIpc) is 2.09. The number of aryl methyl sites for hydroxylation is 1. The number of hydrogen-bond donors (Lipinski definition) is 2. The molecule has 1 rings (SSSR count). The van der Waals surface area contributed by atoms with Crippen LogP contribution in [0.2, 0.25) is 0 Å². The van der Waals surface area contributed by atoms with E-state index >= 15 is 0 Å². The van der Waals surface area contributed by atoms with Gasteiger partial charge in [0.15, 0.2) is 0 Å². The minimum Gasteiger partial charge on any atom is -0.380 e. The third-order valence-corrected chi connectivity index (χ3v) is 1.77. The fourth-order valence-corrected chi connectivity index (χ4v) is 1.08. The third kappa shape index (κ3) is 1.96. The molecule has 0 heterocycles. The van der Waals surface area contributed by atoms with Gasteiger partial charge in [0.2, 0.25) is 0 Å². The Kier molecular flexibility index (Phi) is 3.08. The summed E-state index contributed by atoms with van der Waals surface area (Å²) in [6, 6.07) is 5.60. The lowest BCUT2D eigenvalue weighted by atomic mass is 10.1. The maximum Gasteiger partial charge on any atom is 0.0715 e. The molecular formula is C9H13NO2. The van der Waals surface area contributed by atoms with Gasteiger partial charge in [-0.1, -0.05) is 6.07 Å². The van der Waals surface area contributed by atoms with Gasteiger partial charge in [-0.25, -0.2) is 0 Å². The molecule has 2 N–H and O–H groups in total. The number of anilines is 1. The smallest absolute Gasteiger partial charge is 0.0715 e. The summed E-state index contributed by atoms with van der Waals surface area (Å²) in [5, 5.41) is 8.60. The topological polar surface area (TPSA) is 41.5 Å². The monoisotopic (exact) mass is 167 g/mol. The highest BCUT2D eigenvalue weighted by molar-refractivity contribution is 5.46. The quantitative estimate of drug-likeness (QED) is 0.676. The van der Waals surface area contributed by atoms with Crippen LogP contribution in [0.1, 0.15) is 11.1 Å². The van der Waals surface area contributed by atoms with Gasteiger partial charge in [-0.2, -0.15) is 0 Å². The summed E-state index contributed by atoms with van der Waals surface area (Å²) in [5.41, 5.74) is 5.04. The highest BCUT2D eigenvalue weighted by Crippen LogP contribution is 2.14. The molecule has 0 atom stereocenters. The van der Waals surface area contributed by atoms with Crippen LogP contribution in [0.15, 0.2) is 18.2 Å². The van der Waals surface area contributed by atoms with Crippen molar-refractivity contribution in [3.05, 3.63) is 29.3 Å². The van der Waals surface area contributed by atoms with Crippen molar-refractivity contribution in [1.82, 2.24) is 0 Å². The molecule has 0 aromatic heterocycles. The van der Waals surface area contributed by atoms with Gasteiger partial charge in [-0.05, 0) is 30.2 Å². The molecule has 1 aromatic rings. The molecule has 0 saturated carbocycles. The van der Waals surface area contributed by atoms with E-state index in [2.05, 4.69) is 5.48 Å². The van der Waals surface area contributed by atoms with E-state index in [9.17, 15) is 0 Å². The second-order valence-electron chi connectivity index (χ2n) is 2.69. The zero-order chi connectivity index (χ0) is 8.97. The van der Waals surface area contributed by atoms with Gasteiger partial charge in [0.05, 0.1) is 12.3 Å². The Morgan fingerprint density at radius 1 is 1.50 bits per heavy atom. The largest absolute Gasteiger partial charge is 0.380 e. The van der Waals surface area contributed by atoms with Crippen molar-refractivity contribution in [2.45, 2.75) is 13.5 Å². The SMILES string of the molecule is COCc1ccc(NO)cc1C. The van der Waals surface area contributed by atoms with E-state index in [1.54, 1.807) is 13.2 Å². The van der Waals surface area contributed by atoms with Crippen molar-refractivity contribution in [1.29, 1.82) is 0 Å². The van der Waals surface area contributed by atoms with Crippen molar-refractivity contribution in [3.8, 4) is 0 Å². The Balaban J connectivity index is 2.87. The first-order valence-corrected chi connectivity index (χ1v) is 3.76. The van der Waals surface area contributed by atoms with Crippen LogP contribution in [0.5, 0.6) is 0 Å². The van der Waals surface area contributed by atoms with Gasteiger partial charge in [-0.15, -0.1) is 0 Å². The maximum absolute atomic E-state index is 8.60. The van der Waals surface area contributed by atoms with Gasteiger partial charge >= 0.3 is 0 Å². The minimum absolute atomic E-state index is 0.609. The standard InChI is InChI=1S/C9H13NO2/c1-7-5-9(10-11)4-3-8(7)6-12-2/h3-5,10-11H,6H2,1-2H3. The van der Waals surface area contributed by atoms with Crippen LogP contribution in [0.3, 0.4) is 0 Å². The first kappa shape index (κ1) is 9.03. The van der Waals surface area contributed by atoms with Crippen LogP contribution < -0.4 is 5.48 Å². The molecule has 0 fully saturated rings. The number of hydrogen-bond acceptors (Lipinski definition) is 3. The molecule has 0 aliphatic carbocycles. The summed E-state index contributed by atoms with van der Waals surface area (Å²) < 4.78 is 5.00. The van der Waals surface area contributed by atoms with Gasteiger partial charge in [0, 0.05) is 7.11 Å². The van der Waals surface area contributed by atoms with Crippen LogP contribution in [0.25, 0.3) is 0 Å². The first-order chi connectivity index (χ1) is 5.77. The highest BCUT2D eigenvalue weighted by atomic mass is 16.5. The molecule has 12 heavy (non-hydrogen) atoms. The first-order valence-electron chi connectivity index (χ1n) is 3.76. The Hall–Kier alpha value is -1.06. The lowest BCUT2D eigenvalue weighted by Gasteiger charge is -2.06. The van der Waals surface area contributed by atoms with Crippen molar-refractivity contribution in [2.24, 2.45) is 0 Å². The molecule has 0 bridgehead atoms. The molecule has 0 spiro atoms. The van der Waals surface area contributed by atoms with E-state index in [1.165, 1.54) is 0 Å². The normalized spacial score (nSPS) is 9.92. The molecule has 0 unspecified atom stereocenters. The Morgan fingerprint density at radius 2 is 2.25 bits per heavy atom. The minimum atomic E-state index is 0.609. The zero-order valence-corrected chi connectivity index (χ0v) is 7.29. The Morgan fingerprint density at radius 3 is 2.75 bits per heavy atom. The number of nitrogens with one attached hydrogen (secondary N) is 1. The van der Waals surface area contributed by atoms with Crippen molar-refractivity contribution >= 4 is 5.69 Å². The maximum atomic E-state index is 8.60. The Bertz CT molecular complexity index is 261. The lowest BCUT2D eigenvalue weighted by molar-refractivity contribution is 0.184. The van der Waals surface area contributed by atoms with E-state index in [1.807, 2.05) is 19.1 Å². The van der Waals surface area contributed by atoms with E-state index < -0.39 is 0 Å². The predicted molar refractivity (Wildman–Crippen MR) is 47.3 cm³/mol. The molecule has 3 nitrogen and oxygen atoms in total. The molecular weight excluding hydrogens is 154 g/mol. The predicted octanol–water partition coefficient (Wildman–Crippen LogP) is 1.94. The van der Waals surface area contributed by atoms with Crippen molar-refractivity contribution in [2.75, 3.05) is 12.6 Å². The van der Waals surface area contributed by atoms with Gasteiger partial charge < -0.3 is 4.74 Å². The van der Waals surface area contributed by atoms with Crippen molar-refractivity contribution < 1.29 is 9.94 Å². The Labute approximate surface area is 71.9 Å². The summed E-state index contributed by atoms with van der Waals surface area (Å²) in [6.45, 7) is 2.59. The van der Waals surface area contributed by atoms with Crippen molar-refractivity contribution in [3.63, 3.8) is 0 Å². The van der Waals surface area contributed by atoms with Crippen LogP contribution in [-0.2, 0) is 11.3 Å². The average molecular weight is 167 g/mol. The summed E-state index contributed by atoms with van der Waals surface area (Å²) >= 11 is 0. The fraction of sp³-hybridized carbons (Fsp3) is 0.333. The van der Waals surface area contributed by atoms with Gasteiger partial charge in [-0.3, -0.25) is 10.7 Å². The fourth-order valence-electron chi connectivity index (χ4n) is 1.08.